The van der Waals surface area contributed by atoms with Crippen molar-refractivity contribution in [1.29, 1.82) is 0 Å². The first-order chi connectivity index (χ1) is 12.8. The lowest BCUT2D eigenvalue weighted by Gasteiger charge is -2.16. The summed E-state index contributed by atoms with van der Waals surface area (Å²) in [6.07, 6.45) is 0. The highest BCUT2D eigenvalue weighted by Gasteiger charge is 2.31. The summed E-state index contributed by atoms with van der Waals surface area (Å²) in [5.74, 6) is -0.319. The van der Waals surface area contributed by atoms with Gasteiger partial charge in [0.1, 0.15) is 0 Å². The molecule has 2 heterocycles. The first-order valence-electron chi connectivity index (χ1n) is 8.32. The van der Waals surface area contributed by atoms with Crippen LogP contribution in [0.1, 0.15) is 26.4 Å². The van der Waals surface area contributed by atoms with Crippen molar-refractivity contribution in [2.45, 2.75) is 24.1 Å². The second kappa shape index (κ2) is 6.78. The van der Waals surface area contributed by atoms with Crippen LogP contribution in [-0.2, 0) is 22.1 Å². The number of fused-ring (bicyclic) bond motifs is 3. The summed E-state index contributed by atoms with van der Waals surface area (Å²) < 4.78 is 25.1. The summed E-state index contributed by atoms with van der Waals surface area (Å²) in [6.45, 7) is 2.43. The molecule has 4 rings (SSSR count). The zero-order valence-corrected chi connectivity index (χ0v) is 16.8. The van der Waals surface area contributed by atoms with E-state index in [1.807, 2.05) is 31.2 Å². The summed E-state index contributed by atoms with van der Waals surface area (Å²) >= 11 is 7.28. The molecule has 0 atom stereocenters. The van der Waals surface area contributed by atoms with Crippen LogP contribution in [0.2, 0.25) is 5.02 Å². The van der Waals surface area contributed by atoms with E-state index in [9.17, 15) is 13.2 Å². The standard InChI is InChI=1S/C20H16ClNO3S2/c1-12-2-4-13(5-3-12)10-22-20(23)17-8-14-11-27(24,25)18-9-15(21)6-7-16(18)19(14)26-17/h2-9H,10-11H2,1H3,(H,22,23). The fourth-order valence-electron chi connectivity index (χ4n) is 3.07. The van der Waals surface area contributed by atoms with Gasteiger partial charge in [0.15, 0.2) is 9.84 Å². The van der Waals surface area contributed by atoms with E-state index in [1.54, 1.807) is 18.2 Å². The molecule has 0 aliphatic carbocycles. The number of hydrogen-bond acceptors (Lipinski definition) is 4. The van der Waals surface area contributed by atoms with Gasteiger partial charge in [0, 0.05) is 22.0 Å². The van der Waals surface area contributed by atoms with Crippen molar-refractivity contribution in [3.63, 3.8) is 0 Å². The number of nitrogens with one attached hydrogen (secondary N) is 1. The van der Waals surface area contributed by atoms with Crippen molar-refractivity contribution in [2.75, 3.05) is 0 Å². The zero-order valence-electron chi connectivity index (χ0n) is 14.5. The minimum atomic E-state index is -3.46. The number of rotatable bonds is 3. The van der Waals surface area contributed by atoms with Crippen molar-refractivity contribution in [3.05, 3.63) is 75.1 Å². The van der Waals surface area contributed by atoms with Gasteiger partial charge in [-0.25, -0.2) is 8.42 Å². The van der Waals surface area contributed by atoms with Gasteiger partial charge in [-0.15, -0.1) is 11.3 Å². The Morgan fingerprint density at radius 3 is 2.63 bits per heavy atom. The number of carbonyl (C=O) groups is 1. The highest BCUT2D eigenvalue weighted by Crippen LogP contribution is 2.43. The second-order valence-corrected chi connectivity index (χ2v) is 9.98. The number of thiophene rings is 1. The third-order valence-corrected chi connectivity index (χ3v) is 7.62. The Morgan fingerprint density at radius 1 is 1.15 bits per heavy atom. The van der Waals surface area contributed by atoms with E-state index < -0.39 is 9.84 Å². The van der Waals surface area contributed by atoms with Gasteiger partial charge in [0.2, 0.25) is 0 Å². The molecule has 1 aliphatic rings. The number of sulfone groups is 1. The molecule has 3 aromatic rings. The fourth-order valence-corrected chi connectivity index (χ4v) is 6.21. The molecule has 1 aromatic heterocycles. The highest BCUT2D eigenvalue weighted by atomic mass is 35.5. The summed E-state index contributed by atoms with van der Waals surface area (Å²) in [6, 6.07) is 14.5. The molecule has 138 valence electrons. The molecule has 0 saturated carbocycles. The molecule has 1 amide bonds. The zero-order chi connectivity index (χ0) is 19.2. The smallest absolute Gasteiger partial charge is 0.261 e. The minimum absolute atomic E-state index is 0.114. The third-order valence-electron chi connectivity index (χ3n) is 4.48. The molecular formula is C20H16ClNO3S2. The van der Waals surface area contributed by atoms with Crippen LogP contribution in [-0.4, -0.2) is 14.3 Å². The predicted molar refractivity (Wildman–Crippen MR) is 108 cm³/mol. The van der Waals surface area contributed by atoms with Crippen LogP contribution in [0.5, 0.6) is 0 Å². The number of hydrogen-bond donors (Lipinski definition) is 1. The van der Waals surface area contributed by atoms with Crippen LogP contribution in [0.15, 0.2) is 53.4 Å². The molecule has 1 aliphatic heterocycles. The van der Waals surface area contributed by atoms with Gasteiger partial charge in [-0.1, -0.05) is 47.5 Å². The van der Waals surface area contributed by atoms with Crippen molar-refractivity contribution < 1.29 is 13.2 Å². The van der Waals surface area contributed by atoms with Crippen molar-refractivity contribution in [3.8, 4) is 10.4 Å². The lowest BCUT2D eigenvalue weighted by molar-refractivity contribution is 0.0955. The first kappa shape index (κ1) is 18.2. The van der Waals surface area contributed by atoms with Gasteiger partial charge in [-0.3, -0.25) is 4.79 Å². The molecule has 2 aromatic carbocycles. The summed E-state index contributed by atoms with van der Waals surface area (Å²) in [4.78, 5) is 14.1. The topological polar surface area (TPSA) is 63.2 Å². The fraction of sp³-hybridized carbons (Fsp3) is 0.150. The lowest BCUT2D eigenvalue weighted by atomic mass is 10.1. The second-order valence-electron chi connectivity index (χ2n) is 6.53. The van der Waals surface area contributed by atoms with Gasteiger partial charge in [0.25, 0.3) is 5.91 Å². The Morgan fingerprint density at radius 2 is 1.89 bits per heavy atom. The number of aryl methyl sites for hydroxylation is 1. The van der Waals surface area contributed by atoms with Crippen LogP contribution in [0, 0.1) is 6.92 Å². The number of benzene rings is 2. The average Bonchev–Trinajstić information content (AvgIpc) is 3.04. The van der Waals surface area contributed by atoms with Crippen LogP contribution < -0.4 is 5.32 Å². The quantitative estimate of drug-likeness (QED) is 0.677. The van der Waals surface area contributed by atoms with Gasteiger partial charge >= 0.3 is 0 Å². The Hall–Kier alpha value is -2.15. The molecule has 1 N–H and O–H groups in total. The van der Waals surface area contributed by atoms with E-state index in [1.165, 1.54) is 17.4 Å². The lowest BCUT2D eigenvalue weighted by Crippen LogP contribution is -2.21. The van der Waals surface area contributed by atoms with Crippen molar-refractivity contribution in [1.82, 2.24) is 5.32 Å². The van der Waals surface area contributed by atoms with Crippen LogP contribution >= 0.6 is 22.9 Å². The maximum absolute atomic E-state index is 12.6. The number of amides is 1. The monoisotopic (exact) mass is 417 g/mol. The molecule has 0 spiro atoms. The van der Waals surface area contributed by atoms with Gasteiger partial charge < -0.3 is 5.32 Å². The maximum atomic E-state index is 12.6. The summed E-state index contributed by atoms with van der Waals surface area (Å²) in [5, 5.41) is 3.28. The highest BCUT2D eigenvalue weighted by molar-refractivity contribution is 7.91. The molecule has 4 nitrogen and oxygen atoms in total. The Bertz CT molecular complexity index is 1150. The van der Waals surface area contributed by atoms with Gasteiger partial charge in [-0.05, 0) is 36.2 Å². The molecule has 0 unspecified atom stereocenters. The van der Waals surface area contributed by atoms with Gasteiger partial charge in [-0.2, -0.15) is 0 Å². The van der Waals surface area contributed by atoms with Crippen LogP contribution in [0.4, 0.5) is 0 Å². The summed E-state index contributed by atoms with van der Waals surface area (Å²) in [7, 11) is -3.46. The summed E-state index contributed by atoms with van der Waals surface area (Å²) in [5.41, 5.74) is 3.45. The third kappa shape index (κ3) is 3.52. The molecule has 0 radical (unpaired) electrons. The molecule has 27 heavy (non-hydrogen) atoms. The van der Waals surface area contributed by atoms with Crippen molar-refractivity contribution >= 4 is 38.7 Å². The predicted octanol–water partition coefficient (Wildman–Crippen LogP) is 4.59. The van der Waals surface area contributed by atoms with E-state index in [0.29, 0.717) is 27.6 Å². The molecule has 0 fully saturated rings. The van der Waals surface area contributed by atoms with Crippen LogP contribution in [0.25, 0.3) is 10.4 Å². The molecular weight excluding hydrogens is 402 g/mol. The minimum Gasteiger partial charge on any atom is -0.347 e. The van der Waals surface area contributed by atoms with E-state index >= 15 is 0 Å². The number of halogens is 1. The maximum Gasteiger partial charge on any atom is 0.261 e. The first-order valence-corrected chi connectivity index (χ1v) is 11.2. The molecule has 7 heteroatoms. The average molecular weight is 418 g/mol. The Balaban J connectivity index is 1.62. The Labute approximate surface area is 166 Å². The molecule has 0 saturated heterocycles. The van der Waals surface area contributed by atoms with Crippen LogP contribution in [0.3, 0.4) is 0 Å². The normalized spacial score (nSPS) is 14.3. The Kier molecular flexibility index (Phi) is 4.58. The SMILES string of the molecule is Cc1ccc(CNC(=O)c2cc3c(s2)-c2ccc(Cl)cc2S(=O)(=O)C3)cc1. The van der Waals surface area contributed by atoms with E-state index in [4.69, 9.17) is 11.6 Å². The van der Waals surface area contributed by atoms with E-state index in [0.717, 1.165) is 16.0 Å². The molecule has 0 bridgehead atoms. The van der Waals surface area contributed by atoms with E-state index in [2.05, 4.69) is 5.32 Å². The van der Waals surface area contributed by atoms with E-state index in [-0.39, 0.29) is 16.6 Å². The van der Waals surface area contributed by atoms with Crippen molar-refractivity contribution in [2.24, 2.45) is 0 Å². The largest absolute Gasteiger partial charge is 0.347 e. The van der Waals surface area contributed by atoms with Gasteiger partial charge in [0.05, 0.1) is 15.5 Å². The number of carbonyl (C=O) groups excluding carboxylic acids is 1.